The van der Waals surface area contributed by atoms with Gasteiger partial charge in [-0.3, -0.25) is 4.99 Å². The van der Waals surface area contributed by atoms with E-state index < -0.39 is 0 Å². The van der Waals surface area contributed by atoms with Gasteiger partial charge in [0, 0.05) is 6.04 Å². The number of aryl methyl sites for hydroxylation is 1. The van der Waals surface area contributed by atoms with Crippen molar-refractivity contribution < 1.29 is 0 Å². The van der Waals surface area contributed by atoms with Crippen LogP contribution in [-0.4, -0.2) is 29.5 Å². The molecule has 2 N–H and O–H groups in total. The van der Waals surface area contributed by atoms with Gasteiger partial charge in [-0.2, -0.15) is 0 Å². The number of nitrogens with two attached hydrogens (primary N) is 1. The van der Waals surface area contributed by atoms with E-state index in [4.69, 9.17) is 5.73 Å². The maximum atomic E-state index is 5.99. The fourth-order valence-electron chi connectivity index (χ4n) is 2.55. The Labute approximate surface area is 110 Å². The van der Waals surface area contributed by atoms with Crippen molar-refractivity contribution >= 4 is 5.96 Å². The fraction of sp³-hybridized carbons (Fsp3) is 0.533. The summed E-state index contributed by atoms with van der Waals surface area (Å²) in [5.41, 5.74) is 7.39. The van der Waals surface area contributed by atoms with Crippen molar-refractivity contribution in [1.29, 1.82) is 0 Å². The summed E-state index contributed by atoms with van der Waals surface area (Å²) in [4.78, 5) is 6.70. The lowest BCUT2D eigenvalue weighted by atomic mass is 10.0. The zero-order valence-electron chi connectivity index (χ0n) is 11.3. The molecule has 0 radical (unpaired) electrons. The highest BCUT2D eigenvalue weighted by Crippen LogP contribution is 2.19. The van der Waals surface area contributed by atoms with E-state index in [2.05, 4.69) is 54.1 Å². The minimum absolute atomic E-state index is 0.472. The van der Waals surface area contributed by atoms with Gasteiger partial charge in [-0.1, -0.05) is 37.3 Å². The molecule has 0 spiro atoms. The summed E-state index contributed by atoms with van der Waals surface area (Å²) in [7, 11) is 0. The topological polar surface area (TPSA) is 41.6 Å². The van der Waals surface area contributed by atoms with Crippen LogP contribution < -0.4 is 5.73 Å². The van der Waals surface area contributed by atoms with E-state index in [1.807, 2.05) is 0 Å². The molecule has 1 aromatic carbocycles. The molecule has 98 valence electrons. The van der Waals surface area contributed by atoms with Gasteiger partial charge in [0.1, 0.15) is 0 Å². The standard InChI is InChI=1S/C15H23N3/c1-3-12(2)18-14(11-17-15(18)16)10-9-13-7-5-4-6-8-13/h4-8,12,14H,3,9-11H2,1-2H3,(H2,16,17). The molecule has 3 heteroatoms. The third-order valence-electron chi connectivity index (χ3n) is 3.80. The molecule has 1 aliphatic rings. The molecule has 3 nitrogen and oxygen atoms in total. The van der Waals surface area contributed by atoms with Gasteiger partial charge in [0.05, 0.1) is 12.6 Å². The summed E-state index contributed by atoms with van der Waals surface area (Å²) in [5.74, 6) is 0.724. The van der Waals surface area contributed by atoms with Gasteiger partial charge >= 0.3 is 0 Å². The number of guanidine groups is 1. The average Bonchev–Trinajstić information content (AvgIpc) is 2.78. The molecule has 1 aromatic rings. The molecule has 0 aromatic heterocycles. The Balaban J connectivity index is 1.93. The first-order chi connectivity index (χ1) is 8.72. The molecule has 1 heterocycles. The second-order valence-corrected chi connectivity index (χ2v) is 5.04. The Kier molecular flexibility index (Phi) is 4.24. The molecule has 0 fully saturated rings. The first-order valence-corrected chi connectivity index (χ1v) is 6.84. The monoisotopic (exact) mass is 245 g/mol. The smallest absolute Gasteiger partial charge is 0.191 e. The van der Waals surface area contributed by atoms with E-state index in [0.717, 1.165) is 31.8 Å². The van der Waals surface area contributed by atoms with E-state index in [0.29, 0.717) is 12.1 Å². The summed E-state index contributed by atoms with van der Waals surface area (Å²) in [6.45, 7) is 5.27. The molecule has 18 heavy (non-hydrogen) atoms. The number of benzene rings is 1. The maximum absolute atomic E-state index is 5.99. The van der Waals surface area contributed by atoms with Crippen molar-refractivity contribution in [2.45, 2.75) is 45.2 Å². The van der Waals surface area contributed by atoms with Crippen LogP contribution in [0.25, 0.3) is 0 Å². The molecular formula is C15H23N3. The summed E-state index contributed by atoms with van der Waals surface area (Å²) >= 11 is 0. The van der Waals surface area contributed by atoms with Crippen LogP contribution in [0.3, 0.4) is 0 Å². The van der Waals surface area contributed by atoms with Crippen LogP contribution in [0.5, 0.6) is 0 Å². The lowest BCUT2D eigenvalue weighted by Crippen LogP contribution is -2.46. The molecular weight excluding hydrogens is 222 g/mol. The highest BCUT2D eigenvalue weighted by Gasteiger charge is 2.28. The van der Waals surface area contributed by atoms with Crippen molar-refractivity contribution in [3.63, 3.8) is 0 Å². The quantitative estimate of drug-likeness (QED) is 0.865. The number of aliphatic imine (C=N–C) groups is 1. The number of hydrogen-bond acceptors (Lipinski definition) is 3. The van der Waals surface area contributed by atoms with E-state index in [1.54, 1.807) is 0 Å². The van der Waals surface area contributed by atoms with Crippen LogP contribution in [0.4, 0.5) is 0 Å². The van der Waals surface area contributed by atoms with Crippen molar-refractivity contribution in [2.24, 2.45) is 10.7 Å². The highest BCUT2D eigenvalue weighted by molar-refractivity contribution is 5.80. The van der Waals surface area contributed by atoms with Gasteiger partial charge < -0.3 is 10.6 Å². The lowest BCUT2D eigenvalue weighted by molar-refractivity contribution is 0.254. The molecule has 0 bridgehead atoms. The first kappa shape index (κ1) is 12.9. The molecule has 0 amide bonds. The van der Waals surface area contributed by atoms with Crippen LogP contribution in [0.2, 0.25) is 0 Å². The normalized spacial score (nSPS) is 20.9. The summed E-state index contributed by atoms with van der Waals surface area (Å²) in [5, 5.41) is 0. The Morgan fingerprint density at radius 3 is 2.78 bits per heavy atom. The Hall–Kier alpha value is -1.51. The predicted octanol–water partition coefficient (Wildman–Crippen LogP) is 2.42. The Morgan fingerprint density at radius 1 is 1.39 bits per heavy atom. The third kappa shape index (κ3) is 2.84. The zero-order chi connectivity index (χ0) is 13.0. The molecule has 0 saturated heterocycles. The van der Waals surface area contributed by atoms with Gasteiger partial charge in [0.2, 0.25) is 0 Å². The minimum atomic E-state index is 0.472. The average molecular weight is 245 g/mol. The van der Waals surface area contributed by atoms with E-state index >= 15 is 0 Å². The molecule has 1 aliphatic heterocycles. The zero-order valence-corrected chi connectivity index (χ0v) is 11.3. The number of nitrogens with zero attached hydrogens (tertiary/aromatic N) is 2. The lowest BCUT2D eigenvalue weighted by Gasteiger charge is -2.31. The second-order valence-electron chi connectivity index (χ2n) is 5.04. The number of rotatable bonds is 5. The van der Waals surface area contributed by atoms with Crippen molar-refractivity contribution in [1.82, 2.24) is 4.90 Å². The van der Waals surface area contributed by atoms with E-state index in [1.165, 1.54) is 5.56 Å². The molecule has 2 unspecified atom stereocenters. The summed E-state index contributed by atoms with van der Waals surface area (Å²) < 4.78 is 0. The number of hydrogen-bond donors (Lipinski definition) is 1. The molecule has 2 rings (SSSR count). The fourth-order valence-corrected chi connectivity index (χ4v) is 2.55. The maximum Gasteiger partial charge on any atom is 0.191 e. The van der Waals surface area contributed by atoms with Gasteiger partial charge in [0.25, 0.3) is 0 Å². The van der Waals surface area contributed by atoms with Gasteiger partial charge in [-0.25, -0.2) is 0 Å². The summed E-state index contributed by atoms with van der Waals surface area (Å²) in [6.07, 6.45) is 3.33. The van der Waals surface area contributed by atoms with E-state index in [-0.39, 0.29) is 0 Å². The Morgan fingerprint density at radius 2 is 2.11 bits per heavy atom. The Bertz CT molecular complexity index is 399. The molecule has 2 atom stereocenters. The van der Waals surface area contributed by atoms with Crippen LogP contribution in [0.15, 0.2) is 35.3 Å². The highest BCUT2D eigenvalue weighted by atomic mass is 15.3. The third-order valence-corrected chi connectivity index (χ3v) is 3.80. The van der Waals surface area contributed by atoms with Crippen LogP contribution in [0.1, 0.15) is 32.3 Å². The second kappa shape index (κ2) is 5.89. The predicted molar refractivity (Wildman–Crippen MR) is 76.6 cm³/mol. The largest absolute Gasteiger partial charge is 0.370 e. The van der Waals surface area contributed by atoms with Crippen molar-refractivity contribution in [3.05, 3.63) is 35.9 Å². The van der Waals surface area contributed by atoms with E-state index in [9.17, 15) is 0 Å². The van der Waals surface area contributed by atoms with Crippen LogP contribution in [0, 0.1) is 0 Å². The SMILES string of the molecule is CCC(C)N1C(N)=NCC1CCc1ccccc1. The van der Waals surface area contributed by atoms with Crippen LogP contribution >= 0.6 is 0 Å². The first-order valence-electron chi connectivity index (χ1n) is 6.84. The van der Waals surface area contributed by atoms with Gasteiger partial charge in [-0.15, -0.1) is 0 Å². The minimum Gasteiger partial charge on any atom is -0.370 e. The van der Waals surface area contributed by atoms with Crippen molar-refractivity contribution in [2.75, 3.05) is 6.54 Å². The van der Waals surface area contributed by atoms with Gasteiger partial charge in [-0.05, 0) is 31.7 Å². The molecule has 0 aliphatic carbocycles. The van der Waals surface area contributed by atoms with Crippen LogP contribution in [-0.2, 0) is 6.42 Å². The van der Waals surface area contributed by atoms with Gasteiger partial charge in [0.15, 0.2) is 5.96 Å². The molecule has 0 saturated carbocycles. The van der Waals surface area contributed by atoms with Crippen molar-refractivity contribution in [3.8, 4) is 0 Å². The summed E-state index contributed by atoms with van der Waals surface area (Å²) in [6, 6.07) is 11.6.